The van der Waals surface area contributed by atoms with Crippen LogP contribution in [-0.2, 0) is 17.8 Å². The summed E-state index contributed by atoms with van der Waals surface area (Å²) >= 11 is 0. The first-order valence-corrected chi connectivity index (χ1v) is 11.3. The lowest BCUT2D eigenvalue weighted by atomic mass is 9.77. The predicted octanol–water partition coefficient (Wildman–Crippen LogP) is 5.20. The summed E-state index contributed by atoms with van der Waals surface area (Å²) < 4.78 is 0. The molecule has 2 aliphatic rings. The fourth-order valence-corrected chi connectivity index (χ4v) is 4.85. The maximum absolute atomic E-state index is 13.5. The molecular weight excluding hydrogens is 346 g/mol. The standard InChI is InChI=1S/C24H37N3O/c1-3-5-16-24(17-20-10-7-6-8-11-20)22(28)27(23(25)26-24)18-21-14-12-19(9-4-2)13-15-21/h12-15,20H,3-11,16-18H2,1-2H3,(H2,25,26). The highest BCUT2D eigenvalue weighted by Gasteiger charge is 2.48. The number of aryl methyl sites for hydroxylation is 1. The topological polar surface area (TPSA) is 58.7 Å². The maximum atomic E-state index is 13.5. The number of hydrogen-bond donors (Lipinski definition) is 1. The highest BCUT2D eigenvalue weighted by Crippen LogP contribution is 2.39. The highest BCUT2D eigenvalue weighted by atomic mass is 16.2. The molecular formula is C24H37N3O. The molecule has 2 N–H and O–H groups in total. The lowest BCUT2D eigenvalue weighted by Gasteiger charge is -2.32. The van der Waals surface area contributed by atoms with E-state index in [1.807, 2.05) is 0 Å². The highest BCUT2D eigenvalue weighted by molar-refractivity contribution is 6.06. The molecule has 0 bridgehead atoms. The Hall–Kier alpha value is -1.84. The van der Waals surface area contributed by atoms with Gasteiger partial charge in [0.05, 0.1) is 6.54 Å². The number of hydrogen-bond acceptors (Lipinski definition) is 3. The van der Waals surface area contributed by atoms with E-state index in [1.54, 1.807) is 4.90 Å². The average molecular weight is 384 g/mol. The van der Waals surface area contributed by atoms with Gasteiger partial charge in [-0.1, -0.05) is 89.5 Å². The minimum atomic E-state index is -0.621. The van der Waals surface area contributed by atoms with Gasteiger partial charge in [-0.3, -0.25) is 9.69 Å². The van der Waals surface area contributed by atoms with Crippen LogP contribution in [0.2, 0.25) is 0 Å². The monoisotopic (exact) mass is 383 g/mol. The second-order valence-corrected chi connectivity index (χ2v) is 8.77. The lowest BCUT2D eigenvalue weighted by molar-refractivity contribution is -0.132. The van der Waals surface area contributed by atoms with Crippen molar-refractivity contribution < 1.29 is 4.79 Å². The summed E-state index contributed by atoms with van der Waals surface area (Å²) in [6, 6.07) is 8.58. The van der Waals surface area contributed by atoms with Crippen LogP contribution in [0.25, 0.3) is 0 Å². The Morgan fingerprint density at radius 2 is 1.75 bits per heavy atom. The van der Waals surface area contributed by atoms with Gasteiger partial charge in [-0.2, -0.15) is 0 Å². The van der Waals surface area contributed by atoms with Crippen LogP contribution in [0.5, 0.6) is 0 Å². The van der Waals surface area contributed by atoms with Crippen LogP contribution in [0.15, 0.2) is 29.3 Å². The molecule has 1 unspecified atom stereocenters. The molecule has 1 atom stereocenters. The zero-order chi connectivity index (χ0) is 20.0. The molecule has 0 saturated heterocycles. The van der Waals surface area contributed by atoms with Gasteiger partial charge in [0.25, 0.3) is 5.91 Å². The van der Waals surface area contributed by atoms with E-state index < -0.39 is 5.54 Å². The van der Waals surface area contributed by atoms with E-state index in [-0.39, 0.29) is 5.91 Å². The molecule has 28 heavy (non-hydrogen) atoms. The zero-order valence-corrected chi connectivity index (χ0v) is 17.8. The molecule has 1 heterocycles. The van der Waals surface area contributed by atoms with Crippen LogP contribution in [-0.4, -0.2) is 22.3 Å². The maximum Gasteiger partial charge on any atom is 0.257 e. The minimum Gasteiger partial charge on any atom is -0.369 e. The molecule has 1 aliphatic carbocycles. The number of guanidine groups is 1. The summed E-state index contributed by atoms with van der Waals surface area (Å²) in [7, 11) is 0. The van der Waals surface area contributed by atoms with Crippen molar-refractivity contribution in [2.45, 2.75) is 96.6 Å². The van der Waals surface area contributed by atoms with Crippen LogP contribution in [0.4, 0.5) is 0 Å². The number of aliphatic imine (C=N–C) groups is 1. The van der Waals surface area contributed by atoms with Crippen molar-refractivity contribution in [2.75, 3.05) is 0 Å². The molecule has 4 nitrogen and oxygen atoms in total. The quantitative estimate of drug-likeness (QED) is 0.637. The number of amides is 1. The van der Waals surface area contributed by atoms with Crippen molar-refractivity contribution in [1.29, 1.82) is 0 Å². The Morgan fingerprint density at radius 1 is 1.07 bits per heavy atom. The number of carbonyl (C=O) groups excluding carboxylic acids is 1. The van der Waals surface area contributed by atoms with Crippen LogP contribution < -0.4 is 5.73 Å². The first-order chi connectivity index (χ1) is 13.6. The van der Waals surface area contributed by atoms with Crippen molar-refractivity contribution in [1.82, 2.24) is 4.90 Å². The third-order valence-corrected chi connectivity index (χ3v) is 6.45. The third-order valence-electron chi connectivity index (χ3n) is 6.45. The molecule has 1 aliphatic heterocycles. The Morgan fingerprint density at radius 3 is 2.39 bits per heavy atom. The molecule has 4 heteroatoms. The number of unbranched alkanes of at least 4 members (excludes halogenated alkanes) is 1. The van der Waals surface area contributed by atoms with Gasteiger partial charge in [-0.05, 0) is 36.3 Å². The van der Waals surface area contributed by atoms with Gasteiger partial charge in [0, 0.05) is 0 Å². The van der Waals surface area contributed by atoms with Gasteiger partial charge in [0.1, 0.15) is 5.54 Å². The molecule has 1 aromatic rings. The van der Waals surface area contributed by atoms with Crippen LogP contribution in [0.1, 0.15) is 89.2 Å². The fourth-order valence-electron chi connectivity index (χ4n) is 4.85. The van der Waals surface area contributed by atoms with Gasteiger partial charge in [-0.25, -0.2) is 4.99 Å². The fraction of sp³-hybridized carbons (Fsp3) is 0.667. The largest absolute Gasteiger partial charge is 0.369 e. The van der Waals surface area contributed by atoms with Crippen LogP contribution in [0.3, 0.4) is 0 Å². The lowest BCUT2D eigenvalue weighted by Crippen LogP contribution is -2.45. The Kier molecular flexibility index (Phi) is 7.14. The summed E-state index contributed by atoms with van der Waals surface area (Å²) in [5.74, 6) is 1.15. The van der Waals surface area contributed by atoms with Crippen molar-refractivity contribution in [3.8, 4) is 0 Å². The molecule has 1 saturated carbocycles. The van der Waals surface area contributed by atoms with Gasteiger partial charge in [0.2, 0.25) is 0 Å². The normalized spacial score (nSPS) is 23.3. The third kappa shape index (κ3) is 4.76. The van der Waals surface area contributed by atoms with Crippen molar-refractivity contribution in [3.63, 3.8) is 0 Å². The van der Waals surface area contributed by atoms with E-state index in [0.717, 1.165) is 44.1 Å². The summed E-state index contributed by atoms with van der Waals surface area (Å²) in [5.41, 5.74) is 8.15. The van der Waals surface area contributed by atoms with Gasteiger partial charge < -0.3 is 5.73 Å². The van der Waals surface area contributed by atoms with Gasteiger partial charge in [-0.15, -0.1) is 0 Å². The molecule has 1 aromatic carbocycles. The first-order valence-electron chi connectivity index (χ1n) is 11.3. The Balaban J connectivity index is 1.74. The predicted molar refractivity (Wildman–Crippen MR) is 116 cm³/mol. The van der Waals surface area contributed by atoms with Crippen molar-refractivity contribution in [2.24, 2.45) is 16.6 Å². The van der Waals surface area contributed by atoms with Gasteiger partial charge >= 0.3 is 0 Å². The molecule has 1 fully saturated rings. The number of rotatable bonds is 9. The second-order valence-electron chi connectivity index (χ2n) is 8.77. The molecule has 0 radical (unpaired) electrons. The van der Waals surface area contributed by atoms with Crippen molar-refractivity contribution >= 4 is 11.9 Å². The van der Waals surface area contributed by atoms with E-state index in [2.05, 4.69) is 38.1 Å². The van der Waals surface area contributed by atoms with E-state index in [0.29, 0.717) is 18.4 Å². The van der Waals surface area contributed by atoms with E-state index in [9.17, 15) is 4.79 Å². The number of nitrogens with zero attached hydrogens (tertiary/aromatic N) is 2. The number of nitrogens with two attached hydrogens (primary N) is 1. The summed E-state index contributed by atoms with van der Waals surface area (Å²) in [5, 5.41) is 0. The smallest absolute Gasteiger partial charge is 0.257 e. The summed E-state index contributed by atoms with van der Waals surface area (Å²) in [4.78, 5) is 20.1. The SMILES string of the molecule is CCCCC1(CC2CCCCC2)N=C(N)N(Cc2ccc(CCC)cc2)C1=O. The first kappa shape index (κ1) is 20.9. The van der Waals surface area contributed by atoms with E-state index in [1.165, 1.54) is 37.7 Å². The number of benzene rings is 1. The Bertz CT molecular complexity index is 676. The van der Waals surface area contributed by atoms with Crippen LogP contribution >= 0.6 is 0 Å². The van der Waals surface area contributed by atoms with Crippen LogP contribution in [0, 0.1) is 5.92 Å². The Labute approximate surface area is 170 Å². The number of carbonyl (C=O) groups is 1. The summed E-state index contributed by atoms with van der Waals surface area (Å²) in [6.07, 6.45) is 12.4. The molecule has 154 valence electrons. The zero-order valence-electron chi connectivity index (χ0n) is 17.8. The molecule has 3 rings (SSSR count). The van der Waals surface area contributed by atoms with E-state index >= 15 is 0 Å². The molecule has 0 spiro atoms. The second kappa shape index (κ2) is 9.58. The average Bonchev–Trinajstić information content (AvgIpc) is 2.93. The summed E-state index contributed by atoms with van der Waals surface area (Å²) in [6.45, 7) is 4.89. The minimum absolute atomic E-state index is 0.127. The molecule has 0 aromatic heterocycles. The van der Waals surface area contributed by atoms with Gasteiger partial charge in [0.15, 0.2) is 5.96 Å². The molecule has 1 amide bonds. The van der Waals surface area contributed by atoms with E-state index in [4.69, 9.17) is 10.7 Å². The van der Waals surface area contributed by atoms with Crippen molar-refractivity contribution in [3.05, 3.63) is 35.4 Å².